The molecular formula is C27H41FOSn. The van der Waals surface area contributed by atoms with Gasteiger partial charge in [-0.25, -0.2) is 0 Å². The first-order valence-electron chi connectivity index (χ1n) is 11.9. The van der Waals surface area contributed by atoms with Gasteiger partial charge >= 0.3 is 189 Å². The van der Waals surface area contributed by atoms with Crippen LogP contribution in [0.5, 0.6) is 5.75 Å². The van der Waals surface area contributed by atoms with Crippen molar-refractivity contribution >= 4 is 22.0 Å². The Balaban J connectivity index is 2.81. The van der Waals surface area contributed by atoms with E-state index in [2.05, 4.69) is 46.8 Å². The van der Waals surface area contributed by atoms with Crippen molar-refractivity contribution in [3.05, 3.63) is 47.3 Å². The van der Waals surface area contributed by atoms with Gasteiger partial charge in [0.25, 0.3) is 0 Å². The van der Waals surface area contributed by atoms with Crippen molar-refractivity contribution in [2.75, 3.05) is 7.11 Å². The van der Waals surface area contributed by atoms with E-state index in [0.717, 1.165) is 5.56 Å². The fourth-order valence-electron chi connectivity index (χ4n) is 4.72. The van der Waals surface area contributed by atoms with E-state index < -0.39 is 18.4 Å². The summed E-state index contributed by atoms with van der Waals surface area (Å²) in [6, 6.07) is 9.94. The zero-order valence-corrected chi connectivity index (χ0v) is 22.9. The van der Waals surface area contributed by atoms with Crippen molar-refractivity contribution < 1.29 is 9.13 Å². The van der Waals surface area contributed by atoms with Gasteiger partial charge in [-0.15, -0.1) is 0 Å². The standard InChI is InChI=1S/C15H14FO.3C4H9.Sn/c1-10-7-8-12(9-11(10)2)15-13(16)5-4-6-14(15)17-3;3*1-3-4-2;/h4-7,9H,1-3H3;3*1,3-4H2,2H3;. The molecule has 0 aliphatic heterocycles. The van der Waals surface area contributed by atoms with Crippen LogP contribution in [0.25, 0.3) is 11.1 Å². The number of aryl methyl sites for hydroxylation is 2. The van der Waals surface area contributed by atoms with E-state index in [4.69, 9.17) is 4.74 Å². The summed E-state index contributed by atoms with van der Waals surface area (Å²) in [7, 11) is 1.65. The molecule has 166 valence electrons. The Kier molecular flexibility index (Phi) is 10.2. The van der Waals surface area contributed by atoms with E-state index in [1.165, 1.54) is 66.5 Å². The number of hydrogen-bond donors (Lipinski definition) is 0. The Hall–Kier alpha value is -1.03. The van der Waals surface area contributed by atoms with Gasteiger partial charge in [0.2, 0.25) is 0 Å². The Morgan fingerprint density at radius 1 is 0.833 bits per heavy atom. The topological polar surface area (TPSA) is 9.23 Å². The van der Waals surface area contributed by atoms with E-state index in [1.54, 1.807) is 19.2 Å². The second-order valence-corrected chi connectivity index (χ2v) is 22.0. The molecule has 0 amide bonds. The van der Waals surface area contributed by atoms with Gasteiger partial charge in [0.15, 0.2) is 0 Å². The van der Waals surface area contributed by atoms with Crippen molar-refractivity contribution in [2.45, 2.75) is 86.5 Å². The van der Waals surface area contributed by atoms with Gasteiger partial charge < -0.3 is 0 Å². The zero-order valence-electron chi connectivity index (χ0n) is 20.0. The molecule has 0 fully saturated rings. The van der Waals surface area contributed by atoms with Crippen LogP contribution in [0.15, 0.2) is 30.3 Å². The number of ether oxygens (including phenoxy) is 1. The maximum absolute atomic E-state index is 15.2. The van der Waals surface area contributed by atoms with Crippen molar-refractivity contribution in [1.82, 2.24) is 0 Å². The zero-order chi connectivity index (χ0) is 22.1. The number of methoxy groups -OCH3 is 1. The molecular weight excluding hydrogens is 478 g/mol. The van der Waals surface area contributed by atoms with E-state index in [-0.39, 0.29) is 5.82 Å². The van der Waals surface area contributed by atoms with Crippen LogP contribution in [0.4, 0.5) is 4.39 Å². The summed E-state index contributed by atoms with van der Waals surface area (Å²) in [6.45, 7) is 11.3. The number of rotatable bonds is 12. The van der Waals surface area contributed by atoms with E-state index in [9.17, 15) is 0 Å². The summed E-state index contributed by atoms with van der Waals surface area (Å²) in [6.07, 6.45) is 7.60. The second-order valence-electron chi connectivity index (χ2n) is 8.89. The van der Waals surface area contributed by atoms with Gasteiger partial charge in [0, 0.05) is 0 Å². The molecule has 30 heavy (non-hydrogen) atoms. The van der Waals surface area contributed by atoms with Gasteiger partial charge in [-0.2, -0.15) is 0 Å². The van der Waals surface area contributed by atoms with Crippen LogP contribution in [0.1, 0.15) is 70.4 Å². The van der Waals surface area contributed by atoms with Gasteiger partial charge in [-0.1, -0.05) is 0 Å². The molecule has 0 aromatic heterocycles. The molecule has 0 saturated carbocycles. The van der Waals surface area contributed by atoms with Crippen LogP contribution in [0.3, 0.4) is 0 Å². The Labute approximate surface area is 188 Å². The molecule has 0 aliphatic rings. The Morgan fingerprint density at radius 3 is 1.87 bits per heavy atom. The number of hydrogen-bond acceptors (Lipinski definition) is 1. The summed E-state index contributed by atoms with van der Waals surface area (Å²) >= 11 is -2.76. The van der Waals surface area contributed by atoms with Crippen LogP contribution in [-0.2, 0) is 0 Å². The first-order valence-corrected chi connectivity index (χ1v) is 19.4. The molecule has 0 radical (unpaired) electrons. The van der Waals surface area contributed by atoms with Crippen LogP contribution in [0, 0.1) is 19.7 Å². The molecule has 2 aromatic carbocycles. The molecule has 3 heteroatoms. The predicted molar refractivity (Wildman–Crippen MR) is 132 cm³/mol. The molecule has 2 aromatic rings. The molecule has 0 N–H and O–H groups in total. The van der Waals surface area contributed by atoms with E-state index in [1.807, 2.05) is 6.07 Å². The summed E-state index contributed by atoms with van der Waals surface area (Å²) < 4.78 is 26.5. The number of unbranched alkanes of at least 4 members (excludes halogenated alkanes) is 3. The normalized spacial score (nSPS) is 11.7. The monoisotopic (exact) mass is 520 g/mol. The molecule has 0 unspecified atom stereocenters. The van der Waals surface area contributed by atoms with Crippen LogP contribution >= 0.6 is 0 Å². The fraction of sp³-hybridized carbons (Fsp3) is 0.556. The molecule has 0 spiro atoms. The summed E-state index contributed by atoms with van der Waals surface area (Å²) in [4.78, 5) is 0. The minimum absolute atomic E-state index is 0.166. The quantitative estimate of drug-likeness (QED) is 0.257. The Morgan fingerprint density at radius 2 is 1.37 bits per heavy atom. The summed E-state index contributed by atoms with van der Waals surface area (Å²) in [5, 5.41) is 0. The second kappa shape index (κ2) is 12.1. The van der Waals surface area contributed by atoms with E-state index >= 15 is 4.39 Å². The first-order chi connectivity index (χ1) is 14.4. The molecule has 2 rings (SSSR count). The number of benzene rings is 2. The maximum atomic E-state index is 15.2. The SMILES string of the molecule is CCC[CH2][Sn]([CH2]CCC)([CH2]CCC)[c]1cc(C)c(C)cc1-c1c(F)cccc1OC. The minimum atomic E-state index is -2.76. The third-order valence-corrected chi connectivity index (χ3v) is 22.4. The summed E-state index contributed by atoms with van der Waals surface area (Å²) in [5.41, 5.74) is 4.37. The third kappa shape index (κ3) is 5.81. The molecule has 0 heterocycles. The Bertz CT molecular complexity index is 793. The van der Waals surface area contributed by atoms with Crippen LogP contribution in [-0.4, -0.2) is 25.5 Å². The molecule has 0 aliphatic carbocycles. The molecule has 1 nitrogen and oxygen atoms in total. The van der Waals surface area contributed by atoms with Gasteiger partial charge in [-0.05, 0) is 0 Å². The average molecular weight is 519 g/mol. The van der Waals surface area contributed by atoms with Crippen molar-refractivity contribution in [3.8, 4) is 16.9 Å². The molecule has 0 saturated heterocycles. The summed E-state index contributed by atoms with van der Waals surface area (Å²) in [5.74, 6) is 0.488. The molecule has 0 bridgehead atoms. The van der Waals surface area contributed by atoms with E-state index in [0.29, 0.717) is 11.3 Å². The van der Waals surface area contributed by atoms with Crippen LogP contribution < -0.4 is 8.32 Å². The molecule has 0 atom stereocenters. The van der Waals surface area contributed by atoms with Gasteiger partial charge in [-0.3, -0.25) is 0 Å². The predicted octanol–water partition coefficient (Wildman–Crippen LogP) is 8.17. The van der Waals surface area contributed by atoms with Crippen molar-refractivity contribution in [2.24, 2.45) is 0 Å². The third-order valence-electron chi connectivity index (χ3n) is 6.70. The fourth-order valence-corrected chi connectivity index (χ4v) is 21.7. The first kappa shape index (κ1) is 25.2. The van der Waals surface area contributed by atoms with Crippen molar-refractivity contribution in [3.63, 3.8) is 0 Å². The van der Waals surface area contributed by atoms with Crippen LogP contribution in [0.2, 0.25) is 13.3 Å². The van der Waals surface area contributed by atoms with Gasteiger partial charge in [0.1, 0.15) is 0 Å². The van der Waals surface area contributed by atoms with Gasteiger partial charge in [0.05, 0.1) is 0 Å². The van der Waals surface area contributed by atoms with Crippen molar-refractivity contribution in [1.29, 1.82) is 0 Å². The average Bonchev–Trinajstić information content (AvgIpc) is 2.75. The number of halogens is 1.